The maximum Gasteiger partial charge on any atom is 0.416 e. The van der Waals surface area contributed by atoms with Gasteiger partial charge < -0.3 is 5.73 Å². The molecular weight excluding hydrogens is 302 g/mol. The Kier molecular flexibility index (Phi) is 4.49. The van der Waals surface area contributed by atoms with Gasteiger partial charge in [0.25, 0.3) is 0 Å². The van der Waals surface area contributed by atoms with Crippen LogP contribution in [0.2, 0.25) is 0 Å². The second-order valence-electron chi connectivity index (χ2n) is 4.02. The van der Waals surface area contributed by atoms with Crippen LogP contribution in [0.4, 0.5) is 26.3 Å². The third-order valence-electron chi connectivity index (χ3n) is 2.35. The largest absolute Gasteiger partial charge is 0.416 e. The smallest absolute Gasteiger partial charge is 0.369 e. The van der Waals surface area contributed by atoms with Crippen LogP contribution in [0.3, 0.4) is 0 Å². The fraction of sp³-hybridized carbons (Fsp3) is 0.273. The minimum Gasteiger partial charge on any atom is -0.369 e. The lowest BCUT2D eigenvalue weighted by molar-refractivity contribution is -0.143. The number of hydrogen-bond donors (Lipinski definition) is 3. The highest BCUT2D eigenvalue weighted by Crippen LogP contribution is 2.36. The predicted octanol–water partition coefficient (Wildman–Crippen LogP) is 2.93. The molecule has 0 saturated carbocycles. The first-order valence-corrected chi connectivity index (χ1v) is 5.35. The summed E-state index contributed by atoms with van der Waals surface area (Å²) in [5, 5.41) is 10.3. The fourth-order valence-electron chi connectivity index (χ4n) is 1.37. The lowest BCUT2D eigenvalue weighted by atomic mass is 10.0. The summed E-state index contributed by atoms with van der Waals surface area (Å²) in [5.74, 6) is -0.600. The SMILES string of the molecule is CC(=NNC(=N)N)c1cc(C(F)(F)F)cc(C(F)(F)F)c1. The van der Waals surface area contributed by atoms with E-state index in [9.17, 15) is 26.3 Å². The van der Waals surface area contributed by atoms with Crippen LogP contribution in [-0.2, 0) is 12.4 Å². The molecule has 0 aliphatic carbocycles. The number of hydrogen-bond acceptors (Lipinski definition) is 2. The molecule has 1 rings (SSSR count). The van der Waals surface area contributed by atoms with E-state index in [1.807, 2.05) is 5.43 Å². The number of hydrazone groups is 1. The summed E-state index contributed by atoms with van der Waals surface area (Å²) in [5.41, 5.74) is 3.43. The van der Waals surface area contributed by atoms with Crippen molar-refractivity contribution < 1.29 is 26.3 Å². The van der Waals surface area contributed by atoms with Gasteiger partial charge in [0.2, 0.25) is 5.96 Å². The molecule has 0 aliphatic rings. The maximum atomic E-state index is 12.6. The van der Waals surface area contributed by atoms with Gasteiger partial charge in [0, 0.05) is 0 Å². The Bertz CT molecular complexity index is 541. The van der Waals surface area contributed by atoms with E-state index in [1.165, 1.54) is 6.92 Å². The molecule has 116 valence electrons. The van der Waals surface area contributed by atoms with Gasteiger partial charge in [0.15, 0.2) is 0 Å². The van der Waals surface area contributed by atoms with E-state index in [0.717, 1.165) is 0 Å². The number of rotatable bonds is 2. The fourth-order valence-corrected chi connectivity index (χ4v) is 1.37. The zero-order valence-electron chi connectivity index (χ0n) is 10.5. The first-order valence-electron chi connectivity index (χ1n) is 5.35. The predicted molar refractivity (Wildman–Crippen MR) is 63.7 cm³/mol. The minimum atomic E-state index is -4.93. The number of benzene rings is 1. The van der Waals surface area contributed by atoms with Crippen molar-refractivity contribution in [2.24, 2.45) is 10.8 Å². The Morgan fingerprint density at radius 2 is 1.48 bits per heavy atom. The van der Waals surface area contributed by atoms with Crippen molar-refractivity contribution in [3.8, 4) is 0 Å². The van der Waals surface area contributed by atoms with Crippen molar-refractivity contribution in [2.45, 2.75) is 19.3 Å². The van der Waals surface area contributed by atoms with E-state index in [1.54, 1.807) is 0 Å². The Balaban J connectivity index is 3.39. The molecule has 0 amide bonds. The number of guanidine groups is 1. The van der Waals surface area contributed by atoms with E-state index >= 15 is 0 Å². The van der Waals surface area contributed by atoms with Crippen LogP contribution >= 0.6 is 0 Å². The van der Waals surface area contributed by atoms with Gasteiger partial charge in [-0.15, -0.1) is 0 Å². The molecule has 0 atom stereocenters. The molecule has 10 heteroatoms. The average Bonchev–Trinajstić information content (AvgIpc) is 2.33. The Hall–Kier alpha value is -2.26. The molecule has 21 heavy (non-hydrogen) atoms. The molecule has 0 unspecified atom stereocenters. The number of halogens is 6. The molecule has 0 radical (unpaired) electrons. The van der Waals surface area contributed by atoms with Crippen molar-refractivity contribution in [2.75, 3.05) is 0 Å². The van der Waals surface area contributed by atoms with Crippen molar-refractivity contribution in [1.82, 2.24) is 5.43 Å². The number of alkyl halides is 6. The first-order chi connectivity index (χ1) is 9.41. The lowest BCUT2D eigenvalue weighted by Crippen LogP contribution is -2.26. The molecule has 0 fully saturated rings. The van der Waals surface area contributed by atoms with Crippen molar-refractivity contribution in [1.29, 1.82) is 5.41 Å². The standard InChI is InChI=1S/C11H10F6N4/c1-5(20-21-9(18)19)6-2-7(10(12,13)14)4-8(3-6)11(15,16)17/h2-4H,1H3,(H4,18,19,21). The molecule has 1 aromatic rings. The van der Waals surface area contributed by atoms with Gasteiger partial charge in [-0.2, -0.15) is 31.4 Å². The maximum absolute atomic E-state index is 12.6. The van der Waals surface area contributed by atoms with Crippen LogP contribution in [0.5, 0.6) is 0 Å². The topological polar surface area (TPSA) is 74.3 Å². The second-order valence-corrected chi connectivity index (χ2v) is 4.02. The van der Waals surface area contributed by atoms with Crippen molar-refractivity contribution in [3.05, 3.63) is 34.9 Å². The van der Waals surface area contributed by atoms with Gasteiger partial charge >= 0.3 is 12.4 Å². The van der Waals surface area contributed by atoms with Gasteiger partial charge in [-0.1, -0.05) is 0 Å². The van der Waals surface area contributed by atoms with Gasteiger partial charge in [0.05, 0.1) is 16.8 Å². The number of nitrogens with two attached hydrogens (primary N) is 1. The van der Waals surface area contributed by atoms with Crippen LogP contribution in [0.25, 0.3) is 0 Å². The van der Waals surface area contributed by atoms with Crippen LogP contribution < -0.4 is 11.2 Å². The summed E-state index contributed by atoms with van der Waals surface area (Å²) in [6.45, 7) is 1.19. The molecule has 4 N–H and O–H groups in total. The average molecular weight is 312 g/mol. The Morgan fingerprint density at radius 3 is 1.81 bits per heavy atom. The molecule has 0 saturated heterocycles. The van der Waals surface area contributed by atoms with E-state index < -0.39 is 29.4 Å². The summed E-state index contributed by atoms with van der Waals surface area (Å²) in [6.07, 6.45) is -9.85. The second kappa shape index (κ2) is 5.62. The van der Waals surface area contributed by atoms with E-state index in [2.05, 4.69) is 5.10 Å². The van der Waals surface area contributed by atoms with Gasteiger partial charge in [-0.05, 0) is 30.7 Å². The highest BCUT2D eigenvalue weighted by molar-refractivity contribution is 5.99. The van der Waals surface area contributed by atoms with Crippen LogP contribution in [0, 0.1) is 5.41 Å². The lowest BCUT2D eigenvalue weighted by Gasteiger charge is -2.14. The summed E-state index contributed by atoms with van der Waals surface area (Å²) in [7, 11) is 0. The Labute approximate surface area is 115 Å². The summed E-state index contributed by atoms with van der Waals surface area (Å²) < 4.78 is 75.8. The Morgan fingerprint density at radius 1 is 1.05 bits per heavy atom. The van der Waals surface area contributed by atoms with E-state index in [0.29, 0.717) is 12.1 Å². The molecule has 0 aliphatic heterocycles. The molecule has 0 aromatic heterocycles. The quantitative estimate of drug-likeness (QED) is 0.340. The highest BCUT2D eigenvalue weighted by Gasteiger charge is 2.37. The van der Waals surface area contributed by atoms with E-state index in [4.69, 9.17) is 11.1 Å². The van der Waals surface area contributed by atoms with E-state index in [-0.39, 0.29) is 17.3 Å². The summed E-state index contributed by atoms with van der Waals surface area (Å²) in [6, 6.07) is 1.10. The highest BCUT2D eigenvalue weighted by atomic mass is 19.4. The van der Waals surface area contributed by atoms with Crippen molar-refractivity contribution >= 4 is 11.7 Å². The number of nitrogens with zero attached hydrogens (tertiary/aromatic N) is 1. The van der Waals surface area contributed by atoms with Gasteiger partial charge in [-0.25, -0.2) is 5.43 Å². The molecule has 4 nitrogen and oxygen atoms in total. The monoisotopic (exact) mass is 312 g/mol. The van der Waals surface area contributed by atoms with Crippen LogP contribution in [0.1, 0.15) is 23.6 Å². The number of nitrogens with one attached hydrogen (secondary N) is 2. The molecule has 0 heterocycles. The zero-order chi connectivity index (χ0) is 16.4. The first kappa shape index (κ1) is 16.8. The third-order valence-corrected chi connectivity index (χ3v) is 2.35. The molecule has 0 bridgehead atoms. The van der Waals surface area contributed by atoms with Crippen LogP contribution in [0.15, 0.2) is 23.3 Å². The van der Waals surface area contributed by atoms with Gasteiger partial charge in [0.1, 0.15) is 0 Å². The van der Waals surface area contributed by atoms with Crippen molar-refractivity contribution in [3.63, 3.8) is 0 Å². The molecule has 1 aromatic carbocycles. The summed E-state index contributed by atoms with van der Waals surface area (Å²) in [4.78, 5) is 0. The molecule has 0 spiro atoms. The third kappa shape index (κ3) is 4.65. The molecular formula is C11H10F6N4. The minimum absolute atomic E-state index is 0.0230. The van der Waals surface area contributed by atoms with Gasteiger partial charge in [-0.3, -0.25) is 5.41 Å². The van der Waals surface area contributed by atoms with Crippen LogP contribution in [-0.4, -0.2) is 11.7 Å². The summed E-state index contributed by atoms with van der Waals surface area (Å²) >= 11 is 0. The zero-order valence-corrected chi connectivity index (χ0v) is 10.5. The normalized spacial score (nSPS) is 13.2.